The van der Waals surface area contributed by atoms with Gasteiger partial charge in [0.25, 0.3) is 5.69 Å². The molecular weight excluding hydrogens is 445 g/mol. The Morgan fingerprint density at radius 2 is 1.48 bits per heavy atom. The fourth-order valence-corrected chi connectivity index (χ4v) is 4.78. The van der Waals surface area contributed by atoms with Crippen LogP contribution in [0.2, 0.25) is 15.1 Å². The molecule has 0 saturated heterocycles. The van der Waals surface area contributed by atoms with E-state index in [0.717, 1.165) is 20.2 Å². The first-order valence-corrected chi connectivity index (χ1v) is 10.5. The van der Waals surface area contributed by atoms with E-state index in [1.54, 1.807) is 30.3 Å². The first-order valence-electron chi connectivity index (χ1n) is 7.69. The minimum absolute atomic E-state index is 0.0377. The molecule has 0 aliphatic carbocycles. The van der Waals surface area contributed by atoms with Crippen molar-refractivity contribution < 1.29 is 4.92 Å². The molecule has 0 spiro atoms. The van der Waals surface area contributed by atoms with E-state index in [-0.39, 0.29) is 10.6 Å². The van der Waals surface area contributed by atoms with Crippen LogP contribution < -0.4 is 0 Å². The predicted octanol–water partition coefficient (Wildman–Crippen LogP) is 8.17. The Labute approximate surface area is 180 Å². The minimum Gasteiger partial charge on any atom is -0.258 e. The van der Waals surface area contributed by atoms with Crippen molar-refractivity contribution >= 4 is 64.0 Å². The summed E-state index contributed by atoms with van der Waals surface area (Å²) in [6.07, 6.45) is 0. The van der Waals surface area contributed by atoms with E-state index in [9.17, 15) is 10.1 Å². The number of aryl methyl sites for hydroxylation is 1. The summed E-state index contributed by atoms with van der Waals surface area (Å²) < 4.78 is 0. The third kappa shape index (κ3) is 5.12. The van der Waals surface area contributed by atoms with Crippen LogP contribution in [0.15, 0.2) is 74.2 Å². The monoisotopic (exact) mass is 455 g/mol. The highest BCUT2D eigenvalue weighted by atomic mass is 35.5. The van der Waals surface area contributed by atoms with Crippen molar-refractivity contribution in [3.05, 3.63) is 85.3 Å². The van der Waals surface area contributed by atoms with Crippen molar-refractivity contribution in [1.82, 2.24) is 0 Å². The van der Waals surface area contributed by atoms with Crippen LogP contribution in [0.3, 0.4) is 0 Å². The van der Waals surface area contributed by atoms with Crippen molar-refractivity contribution in [2.45, 2.75) is 26.5 Å². The number of nitro benzene ring substituents is 1. The third-order valence-electron chi connectivity index (χ3n) is 3.62. The van der Waals surface area contributed by atoms with Gasteiger partial charge < -0.3 is 0 Å². The smallest absolute Gasteiger partial charge is 0.258 e. The Balaban J connectivity index is 1.91. The van der Waals surface area contributed by atoms with Gasteiger partial charge in [0.05, 0.1) is 19.9 Å². The van der Waals surface area contributed by atoms with Crippen molar-refractivity contribution in [2.24, 2.45) is 0 Å². The molecule has 3 aromatic rings. The van der Waals surface area contributed by atoms with Crippen LogP contribution in [0.4, 0.5) is 5.69 Å². The standard InChI is InChI=1S/C19H12Cl3NO2S2/c1-11-2-3-12(20)8-19(11)27-14-5-7-18(17(10-14)23(24)25)26-13-4-6-15(21)16(22)9-13/h2-10H,1H3. The van der Waals surface area contributed by atoms with Gasteiger partial charge in [-0.2, -0.15) is 0 Å². The van der Waals surface area contributed by atoms with Crippen LogP contribution >= 0.6 is 58.3 Å². The lowest BCUT2D eigenvalue weighted by atomic mass is 10.2. The van der Waals surface area contributed by atoms with Gasteiger partial charge in [0.2, 0.25) is 0 Å². The molecule has 3 nitrogen and oxygen atoms in total. The van der Waals surface area contributed by atoms with E-state index >= 15 is 0 Å². The summed E-state index contributed by atoms with van der Waals surface area (Å²) in [7, 11) is 0. The quantitative estimate of drug-likeness (QED) is 0.287. The molecule has 0 saturated carbocycles. The summed E-state index contributed by atoms with van der Waals surface area (Å²) in [4.78, 5) is 14.2. The molecule has 0 unspecified atom stereocenters. The normalized spacial score (nSPS) is 10.8. The van der Waals surface area contributed by atoms with Gasteiger partial charge in [-0.1, -0.05) is 64.4 Å². The zero-order chi connectivity index (χ0) is 19.6. The van der Waals surface area contributed by atoms with Crippen molar-refractivity contribution in [2.75, 3.05) is 0 Å². The van der Waals surface area contributed by atoms with Crippen LogP contribution in [0.5, 0.6) is 0 Å². The topological polar surface area (TPSA) is 43.1 Å². The van der Waals surface area contributed by atoms with Crippen molar-refractivity contribution in [1.29, 1.82) is 0 Å². The Kier molecular flexibility index (Phi) is 6.61. The third-order valence-corrected chi connectivity index (χ3v) is 6.80. The highest BCUT2D eigenvalue weighted by Gasteiger charge is 2.17. The summed E-state index contributed by atoms with van der Waals surface area (Å²) in [5.74, 6) is 0. The highest BCUT2D eigenvalue weighted by Crippen LogP contribution is 2.40. The lowest BCUT2D eigenvalue weighted by Crippen LogP contribution is -1.92. The van der Waals surface area contributed by atoms with Gasteiger partial charge in [-0.15, -0.1) is 0 Å². The number of nitrogens with zero attached hydrogens (tertiary/aromatic N) is 1. The van der Waals surface area contributed by atoms with Gasteiger partial charge >= 0.3 is 0 Å². The summed E-state index contributed by atoms with van der Waals surface area (Å²) in [5, 5.41) is 13.1. The van der Waals surface area contributed by atoms with Gasteiger partial charge in [-0.3, -0.25) is 10.1 Å². The maximum atomic E-state index is 11.6. The molecule has 0 heterocycles. The second kappa shape index (κ2) is 8.76. The lowest BCUT2D eigenvalue weighted by molar-refractivity contribution is -0.387. The Hall–Kier alpha value is -1.37. The SMILES string of the molecule is Cc1ccc(Cl)cc1Sc1ccc(Sc2ccc(Cl)c(Cl)c2)c([N+](=O)[O-])c1. The summed E-state index contributed by atoms with van der Waals surface area (Å²) in [6, 6.07) is 15.9. The first kappa shape index (κ1) is 20.4. The summed E-state index contributed by atoms with van der Waals surface area (Å²) in [5.41, 5.74) is 1.09. The zero-order valence-corrected chi connectivity index (χ0v) is 17.8. The highest BCUT2D eigenvalue weighted by molar-refractivity contribution is 8.00. The minimum atomic E-state index is -0.380. The molecule has 27 heavy (non-hydrogen) atoms. The second-order valence-electron chi connectivity index (χ2n) is 5.58. The molecule has 3 aromatic carbocycles. The van der Waals surface area contributed by atoms with Crippen LogP contribution in [0.1, 0.15) is 5.56 Å². The van der Waals surface area contributed by atoms with Gasteiger partial charge in [-0.25, -0.2) is 0 Å². The van der Waals surface area contributed by atoms with E-state index in [1.165, 1.54) is 23.5 Å². The molecule has 138 valence electrons. The number of nitro groups is 1. The molecule has 8 heteroatoms. The van der Waals surface area contributed by atoms with Crippen LogP contribution in [0.25, 0.3) is 0 Å². The number of hydrogen-bond donors (Lipinski definition) is 0. The van der Waals surface area contributed by atoms with Gasteiger partial charge in [-0.05, 0) is 55.0 Å². The Morgan fingerprint density at radius 1 is 0.815 bits per heavy atom. The summed E-state index contributed by atoms with van der Waals surface area (Å²) in [6.45, 7) is 1.97. The molecule has 0 atom stereocenters. The molecule has 0 N–H and O–H groups in total. The van der Waals surface area contributed by atoms with Crippen LogP contribution in [-0.2, 0) is 0 Å². The van der Waals surface area contributed by atoms with Gasteiger partial charge in [0, 0.05) is 25.8 Å². The molecule has 3 rings (SSSR count). The second-order valence-corrected chi connectivity index (χ2v) is 9.06. The van der Waals surface area contributed by atoms with E-state index in [2.05, 4.69) is 0 Å². The molecular formula is C19H12Cl3NO2S2. The maximum absolute atomic E-state index is 11.6. The Bertz CT molecular complexity index is 1030. The molecule has 0 aliphatic rings. The average Bonchev–Trinajstić information content (AvgIpc) is 2.62. The number of halogens is 3. The van der Waals surface area contributed by atoms with Gasteiger partial charge in [0.1, 0.15) is 0 Å². The van der Waals surface area contributed by atoms with Crippen molar-refractivity contribution in [3.63, 3.8) is 0 Å². The van der Waals surface area contributed by atoms with Crippen LogP contribution in [0, 0.1) is 17.0 Å². The molecule has 0 bridgehead atoms. The summed E-state index contributed by atoms with van der Waals surface area (Å²) >= 11 is 20.7. The van der Waals surface area contributed by atoms with Crippen molar-refractivity contribution in [3.8, 4) is 0 Å². The largest absolute Gasteiger partial charge is 0.284 e. The number of benzene rings is 3. The first-order chi connectivity index (χ1) is 12.8. The van der Waals surface area contributed by atoms with Gasteiger partial charge in [0.15, 0.2) is 0 Å². The zero-order valence-electron chi connectivity index (χ0n) is 13.9. The van der Waals surface area contributed by atoms with E-state index in [1.807, 2.05) is 31.2 Å². The lowest BCUT2D eigenvalue weighted by Gasteiger charge is -2.08. The molecule has 0 fully saturated rings. The Morgan fingerprint density at radius 3 is 2.19 bits per heavy atom. The predicted molar refractivity (Wildman–Crippen MR) is 114 cm³/mol. The van der Waals surface area contributed by atoms with E-state index < -0.39 is 0 Å². The molecule has 0 aromatic heterocycles. The fraction of sp³-hybridized carbons (Fsp3) is 0.0526. The fourth-order valence-electron chi connectivity index (χ4n) is 2.27. The number of rotatable bonds is 5. The molecule has 0 radical (unpaired) electrons. The molecule has 0 amide bonds. The van der Waals surface area contributed by atoms with E-state index in [4.69, 9.17) is 34.8 Å². The molecule has 0 aliphatic heterocycles. The van der Waals surface area contributed by atoms with Crippen LogP contribution in [-0.4, -0.2) is 4.92 Å². The maximum Gasteiger partial charge on any atom is 0.284 e. The van der Waals surface area contributed by atoms with E-state index in [0.29, 0.717) is 20.0 Å². The average molecular weight is 457 g/mol. The number of hydrogen-bond acceptors (Lipinski definition) is 4.